The molecule has 0 saturated heterocycles. The summed E-state index contributed by atoms with van der Waals surface area (Å²) in [6.07, 6.45) is 1.82. The van der Waals surface area contributed by atoms with Crippen molar-refractivity contribution in [3.05, 3.63) is 22.4 Å². The van der Waals surface area contributed by atoms with E-state index in [-0.39, 0.29) is 17.9 Å². The molecule has 0 bridgehead atoms. The Kier molecular flexibility index (Phi) is 3.68. The van der Waals surface area contributed by atoms with E-state index in [4.69, 9.17) is 0 Å². The highest BCUT2D eigenvalue weighted by Gasteiger charge is 2.15. The molecule has 2 amide bonds. The lowest BCUT2D eigenvalue weighted by atomic mass is 10.3. The van der Waals surface area contributed by atoms with E-state index in [2.05, 4.69) is 21.2 Å². The van der Waals surface area contributed by atoms with Crippen LogP contribution in [0.4, 0.5) is 0 Å². The molecule has 0 fully saturated rings. The number of carbonyl (C=O) groups is 2. The Bertz CT molecular complexity index is 396. The number of hydrogen-bond donors (Lipinski definition) is 1. The second-order valence-corrected chi connectivity index (χ2v) is 4.47. The lowest BCUT2D eigenvalue weighted by Gasteiger charge is -2.11. The molecule has 0 aliphatic heterocycles. The smallest absolute Gasteiger partial charge is 0.274 e. The molecule has 15 heavy (non-hydrogen) atoms. The Morgan fingerprint density at radius 1 is 1.47 bits per heavy atom. The van der Waals surface area contributed by atoms with Gasteiger partial charge in [-0.1, -0.05) is 0 Å². The highest BCUT2D eigenvalue weighted by Crippen LogP contribution is 2.19. The zero-order valence-corrected chi connectivity index (χ0v) is 10.5. The average Bonchev–Trinajstić information content (AvgIpc) is 2.46. The molecule has 0 aromatic carbocycles. The van der Waals surface area contributed by atoms with E-state index in [0.717, 1.165) is 4.47 Å². The summed E-state index contributed by atoms with van der Waals surface area (Å²) in [6, 6.07) is 1.86. The molecular formula is C10H13BrN2O2. The first-order chi connectivity index (χ1) is 6.91. The van der Waals surface area contributed by atoms with Gasteiger partial charge in [-0.3, -0.25) is 14.9 Å². The summed E-state index contributed by atoms with van der Waals surface area (Å²) in [4.78, 5) is 22.4. The lowest BCUT2D eigenvalue weighted by Crippen LogP contribution is -2.30. The van der Waals surface area contributed by atoms with E-state index in [1.807, 2.05) is 24.6 Å². The summed E-state index contributed by atoms with van der Waals surface area (Å²) in [5, 5.41) is 2.25. The zero-order valence-electron chi connectivity index (χ0n) is 8.87. The van der Waals surface area contributed by atoms with E-state index in [1.54, 1.807) is 6.07 Å². The number of nitrogens with zero attached hydrogens (tertiary/aromatic N) is 1. The minimum atomic E-state index is -0.373. The maximum absolute atomic E-state index is 11.6. The van der Waals surface area contributed by atoms with E-state index >= 15 is 0 Å². The second kappa shape index (κ2) is 4.61. The van der Waals surface area contributed by atoms with Gasteiger partial charge in [0, 0.05) is 23.6 Å². The Balaban J connectivity index is 3.02. The van der Waals surface area contributed by atoms with Gasteiger partial charge in [-0.15, -0.1) is 0 Å². The van der Waals surface area contributed by atoms with Gasteiger partial charge in [-0.2, -0.15) is 0 Å². The maximum atomic E-state index is 11.6. The molecule has 0 saturated carbocycles. The molecule has 0 atom stereocenters. The Morgan fingerprint density at radius 3 is 2.53 bits per heavy atom. The highest BCUT2D eigenvalue weighted by atomic mass is 79.9. The number of carbonyl (C=O) groups excluding carboxylic acids is 2. The average molecular weight is 273 g/mol. The third kappa shape index (κ3) is 2.92. The van der Waals surface area contributed by atoms with E-state index < -0.39 is 0 Å². The van der Waals surface area contributed by atoms with Crippen LogP contribution < -0.4 is 5.32 Å². The molecule has 1 N–H and O–H groups in total. The van der Waals surface area contributed by atoms with Crippen LogP contribution in [0.1, 0.15) is 37.3 Å². The Morgan fingerprint density at radius 2 is 2.07 bits per heavy atom. The van der Waals surface area contributed by atoms with Gasteiger partial charge in [-0.05, 0) is 35.8 Å². The van der Waals surface area contributed by atoms with Gasteiger partial charge in [0.05, 0.1) is 0 Å². The molecule has 82 valence electrons. The van der Waals surface area contributed by atoms with Gasteiger partial charge >= 0.3 is 0 Å². The number of nitrogens with one attached hydrogen (secondary N) is 1. The minimum absolute atomic E-state index is 0.170. The molecule has 1 aromatic rings. The lowest BCUT2D eigenvalue weighted by molar-refractivity contribution is -0.118. The molecule has 1 aromatic heterocycles. The number of aromatic nitrogens is 1. The van der Waals surface area contributed by atoms with Crippen LogP contribution in [0.25, 0.3) is 0 Å². The third-order valence-electron chi connectivity index (χ3n) is 1.89. The molecule has 0 spiro atoms. The van der Waals surface area contributed by atoms with Crippen LogP contribution >= 0.6 is 15.9 Å². The van der Waals surface area contributed by atoms with Crippen molar-refractivity contribution in [3.63, 3.8) is 0 Å². The molecule has 0 aliphatic carbocycles. The molecule has 0 radical (unpaired) electrons. The minimum Gasteiger partial charge on any atom is -0.340 e. The van der Waals surface area contributed by atoms with Crippen LogP contribution in [0.2, 0.25) is 0 Å². The fourth-order valence-electron chi connectivity index (χ4n) is 1.28. The van der Waals surface area contributed by atoms with Crippen molar-refractivity contribution < 1.29 is 9.59 Å². The SMILES string of the molecule is CC(=O)NC(=O)c1cc(Br)cn1C(C)C. The number of rotatable bonds is 2. The Labute approximate surface area is 96.8 Å². The van der Waals surface area contributed by atoms with Gasteiger partial charge in [0.2, 0.25) is 5.91 Å². The van der Waals surface area contributed by atoms with Gasteiger partial charge in [-0.25, -0.2) is 0 Å². The monoisotopic (exact) mass is 272 g/mol. The second-order valence-electron chi connectivity index (χ2n) is 3.55. The largest absolute Gasteiger partial charge is 0.340 e. The summed E-state index contributed by atoms with van der Waals surface area (Å²) >= 11 is 3.30. The standard InChI is InChI=1S/C10H13BrN2O2/c1-6(2)13-5-8(11)4-9(13)10(15)12-7(3)14/h4-6H,1-3H3,(H,12,14,15). The van der Waals surface area contributed by atoms with E-state index in [0.29, 0.717) is 5.69 Å². The van der Waals surface area contributed by atoms with Crippen molar-refractivity contribution in [2.45, 2.75) is 26.8 Å². The normalized spacial score (nSPS) is 10.5. The van der Waals surface area contributed by atoms with Gasteiger partial charge in [0.15, 0.2) is 0 Å². The number of imide groups is 1. The molecule has 0 unspecified atom stereocenters. The molecule has 1 rings (SSSR count). The molecular weight excluding hydrogens is 260 g/mol. The fraction of sp³-hybridized carbons (Fsp3) is 0.400. The predicted molar refractivity (Wildman–Crippen MR) is 60.7 cm³/mol. The van der Waals surface area contributed by atoms with Crippen molar-refractivity contribution in [2.75, 3.05) is 0 Å². The van der Waals surface area contributed by atoms with Gasteiger partial charge in [0.1, 0.15) is 5.69 Å². The van der Waals surface area contributed by atoms with Crippen LogP contribution in [-0.2, 0) is 4.79 Å². The van der Waals surface area contributed by atoms with E-state index in [9.17, 15) is 9.59 Å². The molecule has 1 heterocycles. The summed E-state index contributed by atoms with van der Waals surface area (Å²) in [5.74, 6) is -0.727. The summed E-state index contributed by atoms with van der Waals surface area (Å²) in [6.45, 7) is 5.25. The first-order valence-electron chi connectivity index (χ1n) is 4.61. The van der Waals surface area contributed by atoms with Crippen molar-refractivity contribution >= 4 is 27.7 Å². The van der Waals surface area contributed by atoms with Crippen LogP contribution in [-0.4, -0.2) is 16.4 Å². The van der Waals surface area contributed by atoms with Crippen molar-refractivity contribution in [2.24, 2.45) is 0 Å². The zero-order chi connectivity index (χ0) is 11.6. The van der Waals surface area contributed by atoms with Crippen molar-refractivity contribution in [1.82, 2.24) is 9.88 Å². The van der Waals surface area contributed by atoms with Crippen LogP contribution in [0.5, 0.6) is 0 Å². The first kappa shape index (κ1) is 12.0. The predicted octanol–water partition coefficient (Wildman–Crippen LogP) is 2.11. The van der Waals surface area contributed by atoms with Crippen LogP contribution in [0.15, 0.2) is 16.7 Å². The number of hydrogen-bond acceptors (Lipinski definition) is 2. The molecule has 4 nitrogen and oxygen atoms in total. The number of amides is 2. The summed E-state index contributed by atoms with van der Waals surface area (Å²) in [7, 11) is 0. The topological polar surface area (TPSA) is 51.1 Å². The Hall–Kier alpha value is -1.10. The third-order valence-corrected chi connectivity index (χ3v) is 2.33. The maximum Gasteiger partial charge on any atom is 0.274 e. The van der Waals surface area contributed by atoms with Crippen LogP contribution in [0.3, 0.4) is 0 Å². The van der Waals surface area contributed by atoms with E-state index in [1.165, 1.54) is 6.92 Å². The fourth-order valence-corrected chi connectivity index (χ4v) is 1.72. The molecule has 5 heteroatoms. The summed E-state index contributed by atoms with van der Waals surface area (Å²) in [5.41, 5.74) is 0.479. The quantitative estimate of drug-likeness (QED) is 0.897. The van der Waals surface area contributed by atoms with Gasteiger partial charge in [0.25, 0.3) is 5.91 Å². The highest BCUT2D eigenvalue weighted by molar-refractivity contribution is 9.10. The van der Waals surface area contributed by atoms with Gasteiger partial charge < -0.3 is 4.57 Å². The molecule has 0 aliphatic rings. The first-order valence-corrected chi connectivity index (χ1v) is 5.40. The van der Waals surface area contributed by atoms with Crippen molar-refractivity contribution in [3.8, 4) is 0 Å². The van der Waals surface area contributed by atoms with Crippen molar-refractivity contribution in [1.29, 1.82) is 0 Å². The summed E-state index contributed by atoms with van der Waals surface area (Å²) < 4.78 is 2.63. The van der Waals surface area contributed by atoms with Crippen LogP contribution in [0, 0.1) is 0 Å². The number of halogens is 1.